The highest BCUT2D eigenvalue weighted by Gasteiger charge is 2.05. The smallest absolute Gasteiger partial charge is 0.120 e. The van der Waals surface area contributed by atoms with E-state index in [1.807, 2.05) is 31.2 Å². The van der Waals surface area contributed by atoms with Crippen molar-refractivity contribution in [1.29, 1.82) is 0 Å². The van der Waals surface area contributed by atoms with Crippen molar-refractivity contribution >= 4 is 11.9 Å². The number of benzene rings is 2. The number of nitrogens with zero attached hydrogens (tertiary/aromatic N) is 1. The molecule has 0 saturated heterocycles. The van der Waals surface area contributed by atoms with E-state index in [2.05, 4.69) is 48.6 Å². The van der Waals surface area contributed by atoms with E-state index in [0.717, 1.165) is 24.3 Å². The van der Waals surface area contributed by atoms with E-state index < -0.39 is 0 Å². The van der Waals surface area contributed by atoms with Gasteiger partial charge in [0, 0.05) is 12.2 Å². The summed E-state index contributed by atoms with van der Waals surface area (Å²) in [7, 11) is 1.54. The molecule has 2 rings (SSSR count). The first kappa shape index (κ1) is 19.6. The Balaban J connectivity index is 1.91. The molecule has 138 valence electrons. The van der Waals surface area contributed by atoms with Crippen LogP contribution in [0.4, 0.5) is 5.69 Å². The van der Waals surface area contributed by atoms with E-state index >= 15 is 0 Å². The fourth-order valence-corrected chi connectivity index (χ4v) is 2.74. The predicted molar refractivity (Wildman–Crippen MR) is 109 cm³/mol. The summed E-state index contributed by atoms with van der Waals surface area (Å²) in [5.41, 5.74) is 5.91. The fourth-order valence-electron chi connectivity index (χ4n) is 2.74. The molecule has 2 aromatic carbocycles. The number of nitrogens with one attached hydrogen (secondary N) is 1. The van der Waals surface area contributed by atoms with Gasteiger partial charge < -0.3 is 14.9 Å². The number of hydrogen-bond donors (Lipinski definition) is 1. The minimum atomic E-state index is 0.604. The molecule has 2 aromatic rings. The maximum Gasteiger partial charge on any atom is 0.120 e. The lowest BCUT2D eigenvalue weighted by Gasteiger charge is -2.15. The molecule has 0 bridgehead atoms. The standard InChI is InChI=1S/C22H28N2O2/c1-5-6-13-26-21-14-17(2)22(18(3)15-21)23-12-11-19-7-9-20(10-8-19)16-24-25-4/h5-10,14-16,23H,11-13H2,1-4H3/b6-5+,24-16?. The van der Waals surface area contributed by atoms with Crippen LogP contribution in [-0.2, 0) is 11.3 Å². The van der Waals surface area contributed by atoms with E-state index in [4.69, 9.17) is 9.57 Å². The maximum atomic E-state index is 5.74. The largest absolute Gasteiger partial charge is 0.490 e. The molecule has 4 heteroatoms. The second kappa shape index (κ2) is 10.3. The van der Waals surface area contributed by atoms with E-state index in [-0.39, 0.29) is 0 Å². The van der Waals surface area contributed by atoms with Gasteiger partial charge >= 0.3 is 0 Å². The van der Waals surface area contributed by atoms with Gasteiger partial charge in [-0.15, -0.1) is 0 Å². The molecule has 0 aliphatic rings. The van der Waals surface area contributed by atoms with Crippen LogP contribution >= 0.6 is 0 Å². The molecular weight excluding hydrogens is 324 g/mol. The minimum absolute atomic E-state index is 0.604. The van der Waals surface area contributed by atoms with Gasteiger partial charge in [-0.1, -0.05) is 41.6 Å². The monoisotopic (exact) mass is 352 g/mol. The molecule has 0 saturated carbocycles. The summed E-state index contributed by atoms with van der Waals surface area (Å²) in [5.74, 6) is 0.914. The molecule has 0 aromatic heterocycles. The molecule has 0 aliphatic carbocycles. The highest BCUT2D eigenvalue weighted by molar-refractivity contribution is 5.79. The normalized spacial score (nSPS) is 11.2. The van der Waals surface area contributed by atoms with Gasteiger partial charge in [-0.3, -0.25) is 0 Å². The number of anilines is 1. The number of allylic oxidation sites excluding steroid dienone is 1. The van der Waals surface area contributed by atoms with Crippen LogP contribution in [0.25, 0.3) is 0 Å². The Bertz CT molecular complexity index is 726. The van der Waals surface area contributed by atoms with E-state index in [9.17, 15) is 0 Å². The molecule has 26 heavy (non-hydrogen) atoms. The van der Waals surface area contributed by atoms with Crippen molar-refractivity contribution in [2.24, 2.45) is 5.16 Å². The lowest BCUT2D eigenvalue weighted by molar-refractivity contribution is 0.215. The Morgan fingerprint density at radius 3 is 2.38 bits per heavy atom. The summed E-state index contributed by atoms with van der Waals surface area (Å²) in [5, 5.41) is 7.33. The molecule has 0 fully saturated rings. The van der Waals surface area contributed by atoms with E-state index in [1.165, 1.54) is 22.4 Å². The molecular formula is C22H28N2O2. The first-order chi connectivity index (χ1) is 12.6. The number of aryl methyl sites for hydroxylation is 2. The van der Waals surface area contributed by atoms with Crippen LogP contribution in [0.2, 0.25) is 0 Å². The molecule has 1 N–H and O–H groups in total. The van der Waals surface area contributed by atoms with Crippen molar-refractivity contribution in [3.05, 3.63) is 70.8 Å². The van der Waals surface area contributed by atoms with Gasteiger partial charge in [0.2, 0.25) is 0 Å². The van der Waals surface area contributed by atoms with Crippen LogP contribution < -0.4 is 10.1 Å². The highest BCUT2D eigenvalue weighted by Crippen LogP contribution is 2.26. The maximum absolute atomic E-state index is 5.74. The van der Waals surface area contributed by atoms with Crippen molar-refractivity contribution in [2.45, 2.75) is 27.2 Å². The number of rotatable bonds is 9. The molecule has 0 heterocycles. The fraction of sp³-hybridized carbons (Fsp3) is 0.318. The number of hydrogen-bond acceptors (Lipinski definition) is 4. The first-order valence-corrected chi connectivity index (χ1v) is 8.88. The molecule has 0 spiro atoms. The third-order valence-corrected chi connectivity index (χ3v) is 4.09. The van der Waals surface area contributed by atoms with Gasteiger partial charge in [0.05, 0.1) is 6.21 Å². The summed E-state index contributed by atoms with van der Waals surface area (Å²) >= 11 is 0. The average Bonchev–Trinajstić information content (AvgIpc) is 2.63. The van der Waals surface area contributed by atoms with Crippen LogP contribution in [0.1, 0.15) is 29.2 Å². The molecule has 0 radical (unpaired) electrons. The Morgan fingerprint density at radius 2 is 1.77 bits per heavy atom. The lowest BCUT2D eigenvalue weighted by atomic mass is 10.1. The highest BCUT2D eigenvalue weighted by atomic mass is 16.6. The second-order valence-electron chi connectivity index (χ2n) is 6.15. The van der Waals surface area contributed by atoms with Crippen molar-refractivity contribution < 1.29 is 9.57 Å². The summed E-state index contributed by atoms with van der Waals surface area (Å²) in [4.78, 5) is 4.70. The van der Waals surface area contributed by atoms with Crippen LogP contribution in [0.3, 0.4) is 0 Å². The first-order valence-electron chi connectivity index (χ1n) is 8.88. The van der Waals surface area contributed by atoms with Gasteiger partial charge in [-0.2, -0.15) is 0 Å². The SMILES string of the molecule is C/C=C/COc1cc(C)c(NCCc2ccc(C=NOC)cc2)c(C)c1. The summed E-state index contributed by atoms with van der Waals surface area (Å²) in [6.45, 7) is 7.70. The molecule has 0 aliphatic heterocycles. The van der Waals surface area contributed by atoms with Gasteiger partial charge in [-0.05, 0) is 61.6 Å². The van der Waals surface area contributed by atoms with E-state index in [0.29, 0.717) is 6.61 Å². The Hall–Kier alpha value is -2.75. The summed E-state index contributed by atoms with van der Waals surface area (Å²) in [6, 6.07) is 12.5. The van der Waals surface area contributed by atoms with Gasteiger partial charge in [0.25, 0.3) is 0 Å². The number of ether oxygens (including phenoxy) is 1. The minimum Gasteiger partial charge on any atom is -0.490 e. The van der Waals surface area contributed by atoms with Gasteiger partial charge in [0.15, 0.2) is 0 Å². The van der Waals surface area contributed by atoms with Crippen LogP contribution in [-0.4, -0.2) is 26.5 Å². The van der Waals surface area contributed by atoms with Crippen molar-refractivity contribution in [3.63, 3.8) is 0 Å². The topological polar surface area (TPSA) is 42.8 Å². The summed E-state index contributed by atoms with van der Waals surface area (Å²) in [6.07, 6.45) is 6.66. The molecule has 0 unspecified atom stereocenters. The zero-order valence-corrected chi connectivity index (χ0v) is 16.1. The zero-order chi connectivity index (χ0) is 18.8. The molecule has 0 atom stereocenters. The van der Waals surface area contributed by atoms with Crippen molar-refractivity contribution in [2.75, 3.05) is 25.6 Å². The predicted octanol–water partition coefficient (Wildman–Crippen LogP) is 4.89. The van der Waals surface area contributed by atoms with Crippen LogP contribution in [0, 0.1) is 13.8 Å². The molecule has 4 nitrogen and oxygen atoms in total. The Morgan fingerprint density at radius 1 is 1.08 bits per heavy atom. The van der Waals surface area contributed by atoms with E-state index in [1.54, 1.807) is 13.3 Å². The summed E-state index contributed by atoms with van der Waals surface area (Å²) < 4.78 is 5.74. The van der Waals surface area contributed by atoms with Crippen LogP contribution in [0.5, 0.6) is 5.75 Å². The Labute approximate surface area is 156 Å². The quantitative estimate of drug-likeness (QED) is 0.397. The van der Waals surface area contributed by atoms with Gasteiger partial charge in [0.1, 0.15) is 19.5 Å². The van der Waals surface area contributed by atoms with Gasteiger partial charge in [-0.25, -0.2) is 0 Å². The average molecular weight is 352 g/mol. The second-order valence-corrected chi connectivity index (χ2v) is 6.15. The van der Waals surface area contributed by atoms with Crippen molar-refractivity contribution in [1.82, 2.24) is 0 Å². The lowest BCUT2D eigenvalue weighted by Crippen LogP contribution is -2.08. The third kappa shape index (κ3) is 5.96. The molecule has 0 amide bonds. The Kier molecular flexibility index (Phi) is 7.75. The zero-order valence-electron chi connectivity index (χ0n) is 16.1. The van der Waals surface area contributed by atoms with Crippen LogP contribution in [0.15, 0.2) is 53.7 Å². The van der Waals surface area contributed by atoms with Crippen molar-refractivity contribution in [3.8, 4) is 5.75 Å². The third-order valence-electron chi connectivity index (χ3n) is 4.09. The number of oxime groups is 1.